The Morgan fingerprint density at radius 2 is 1.05 bits per heavy atom. The molecule has 3 saturated carbocycles. The minimum absolute atomic E-state index is 0.0225. The molecule has 21 heavy (non-hydrogen) atoms. The number of hydrogen-bond acceptors (Lipinski definition) is 4. The van der Waals surface area contributed by atoms with E-state index in [9.17, 15) is 9.59 Å². The highest BCUT2D eigenvalue weighted by Gasteiger charge is 2.52. The van der Waals surface area contributed by atoms with Gasteiger partial charge in [0.2, 0.25) is 0 Å². The van der Waals surface area contributed by atoms with Crippen LogP contribution in [0.5, 0.6) is 0 Å². The molecule has 3 aliphatic rings. The molecule has 0 aliphatic heterocycles. The van der Waals surface area contributed by atoms with Gasteiger partial charge in [-0.15, -0.1) is 0 Å². The molecule has 0 aromatic heterocycles. The van der Waals surface area contributed by atoms with Gasteiger partial charge in [0.25, 0.3) is 0 Å². The van der Waals surface area contributed by atoms with Gasteiger partial charge in [0, 0.05) is 0 Å². The van der Waals surface area contributed by atoms with E-state index in [1.165, 1.54) is 0 Å². The summed E-state index contributed by atoms with van der Waals surface area (Å²) in [5.41, 5.74) is -0.995. The fourth-order valence-electron chi connectivity index (χ4n) is 4.01. The molecule has 0 unspecified atom stereocenters. The van der Waals surface area contributed by atoms with Gasteiger partial charge in [0.05, 0.1) is 0 Å². The highest BCUT2D eigenvalue weighted by atomic mass is 16.6. The molecule has 118 valence electrons. The maximum atomic E-state index is 12.6. The van der Waals surface area contributed by atoms with E-state index in [0.29, 0.717) is 12.8 Å². The third-order valence-electron chi connectivity index (χ3n) is 5.39. The van der Waals surface area contributed by atoms with Gasteiger partial charge in [0.1, 0.15) is 12.2 Å². The fraction of sp³-hybridized carbons (Fsp3) is 0.882. The van der Waals surface area contributed by atoms with Crippen LogP contribution in [0, 0.1) is 5.41 Å². The average molecular weight is 294 g/mol. The van der Waals surface area contributed by atoms with Crippen LogP contribution in [-0.2, 0) is 19.1 Å². The van der Waals surface area contributed by atoms with Crippen molar-refractivity contribution in [2.45, 2.75) is 89.3 Å². The van der Waals surface area contributed by atoms with E-state index >= 15 is 0 Å². The lowest BCUT2D eigenvalue weighted by molar-refractivity contribution is -0.178. The molecule has 0 bridgehead atoms. The Hall–Kier alpha value is -1.06. The Morgan fingerprint density at radius 3 is 1.43 bits per heavy atom. The maximum absolute atomic E-state index is 12.6. The van der Waals surface area contributed by atoms with Gasteiger partial charge in [-0.3, -0.25) is 9.59 Å². The van der Waals surface area contributed by atoms with Gasteiger partial charge in [-0.25, -0.2) is 0 Å². The van der Waals surface area contributed by atoms with E-state index in [0.717, 1.165) is 64.2 Å². The first kappa shape index (κ1) is 14.9. The van der Waals surface area contributed by atoms with Crippen molar-refractivity contribution < 1.29 is 19.1 Å². The summed E-state index contributed by atoms with van der Waals surface area (Å²) >= 11 is 0. The maximum Gasteiger partial charge on any atom is 0.323 e. The molecule has 3 aliphatic carbocycles. The molecule has 0 spiro atoms. The summed E-state index contributed by atoms with van der Waals surface area (Å²) < 4.78 is 11.3. The minimum atomic E-state index is -0.995. The molecule has 0 saturated heterocycles. The van der Waals surface area contributed by atoms with E-state index in [2.05, 4.69) is 0 Å². The zero-order chi connectivity index (χ0) is 14.7. The minimum Gasteiger partial charge on any atom is -0.462 e. The van der Waals surface area contributed by atoms with Crippen LogP contribution in [0.4, 0.5) is 0 Å². The summed E-state index contributed by atoms with van der Waals surface area (Å²) in [6, 6.07) is 0. The zero-order valence-corrected chi connectivity index (χ0v) is 12.8. The lowest BCUT2D eigenvalue weighted by Crippen LogP contribution is -2.42. The molecule has 0 aromatic rings. The van der Waals surface area contributed by atoms with E-state index in [4.69, 9.17) is 9.47 Å². The van der Waals surface area contributed by atoms with Gasteiger partial charge in [-0.2, -0.15) is 0 Å². The van der Waals surface area contributed by atoms with Crippen molar-refractivity contribution in [1.82, 2.24) is 0 Å². The molecule has 3 fully saturated rings. The lowest BCUT2D eigenvalue weighted by Gasteiger charge is -2.27. The number of rotatable bonds is 4. The van der Waals surface area contributed by atoms with E-state index in [1.54, 1.807) is 0 Å². The predicted octanol–water partition coefficient (Wildman–Crippen LogP) is 3.52. The quantitative estimate of drug-likeness (QED) is 0.588. The van der Waals surface area contributed by atoms with Crippen molar-refractivity contribution in [2.24, 2.45) is 5.41 Å². The van der Waals surface area contributed by atoms with Gasteiger partial charge < -0.3 is 9.47 Å². The van der Waals surface area contributed by atoms with E-state index in [1.807, 2.05) is 0 Å². The molecule has 0 heterocycles. The van der Waals surface area contributed by atoms with Crippen LogP contribution >= 0.6 is 0 Å². The predicted molar refractivity (Wildman–Crippen MR) is 77.6 cm³/mol. The molecule has 3 rings (SSSR count). The molecule has 0 aromatic carbocycles. The Kier molecular flexibility index (Phi) is 4.51. The van der Waals surface area contributed by atoms with Crippen molar-refractivity contribution in [3.63, 3.8) is 0 Å². The van der Waals surface area contributed by atoms with Crippen molar-refractivity contribution in [3.05, 3.63) is 0 Å². The summed E-state index contributed by atoms with van der Waals surface area (Å²) in [6.07, 6.45) is 11.3. The Bertz CT molecular complexity index is 354. The molecule has 4 nitrogen and oxygen atoms in total. The van der Waals surface area contributed by atoms with Crippen molar-refractivity contribution in [3.8, 4) is 0 Å². The summed E-state index contributed by atoms with van der Waals surface area (Å²) in [5, 5.41) is 0. The molecule has 0 atom stereocenters. The standard InChI is InChI=1S/C17H26O4/c18-15(20-13-7-1-2-8-13)17(11-5-6-12-17)16(19)21-14-9-3-4-10-14/h13-14H,1-12H2. The summed E-state index contributed by atoms with van der Waals surface area (Å²) in [4.78, 5) is 25.2. The summed E-state index contributed by atoms with van der Waals surface area (Å²) in [5.74, 6) is -0.621. The molecule has 0 amide bonds. The average Bonchev–Trinajstić information content (AvgIpc) is 3.21. The molecule has 0 radical (unpaired) electrons. The monoisotopic (exact) mass is 294 g/mol. The third kappa shape index (κ3) is 3.09. The second kappa shape index (κ2) is 6.37. The Balaban J connectivity index is 1.65. The van der Waals surface area contributed by atoms with Crippen LogP contribution in [0.2, 0.25) is 0 Å². The van der Waals surface area contributed by atoms with Gasteiger partial charge >= 0.3 is 11.9 Å². The van der Waals surface area contributed by atoms with E-state index in [-0.39, 0.29) is 24.1 Å². The largest absolute Gasteiger partial charge is 0.462 e. The fourth-order valence-corrected chi connectivity index (χ4v) is 4.01. The van der Waals surface area contributed by atoms with Crippen LogP contribution < -0.4 is 0 Å². The first-order chi connectivity index (χ1) is 10.2. The summed E-state index contributed by atoms with van der Waals surface area (Å²) in [7, 11) is 0. The van der Waals surface area contributed by atoms with E-state index < -0.39 is 5.41 Å². The van der Waals surface area contributed by atoms with Gasteiger partial charge in [0.15, 0.2) is 5.41 Å². The first-order valence-corrected chi connectivity index (χ1v) is 8.63. The number of hydrogen-bond donors (Lipinski definition) is 0. The second-order valence-electron chi connectivity index (χ2n) is 6.91. The third-order valence-corrected chi connectivity index (χ3v) is 5.39. The second-order valence-corrected chi connectivity index (χ2v) is 6.91. The topological polar surface area (TPSA) is 52.6 Å². The van der Waals surface area contributed by atoms with Crippen LogP contribution in [0.15, 0.2) is 0 Å². The Morgan fingerprint density at radius 1 is 0.667 bits per heavy atom. The number of esters is 2. The smallest absolute Gasteiger partial charge is 0.323 e. The van der Waals surface area contributed by atoms with Crippen molar-refractivity contribution in [1.29, 1.82) is 0 Å². The number of carbonyl (C=O) groups is 2. The highest BCUT2D eigenvalue weighted by Crippen LogP contribution is 2.42. The van der Waals surface area contributed by atoms with Gasteiger partial charge in [-0.1, -0.05) is 12.8 Å². The summed E-state index contributed by atoms with van der Waals surface area (Å²) in [6.45, 7) is 0. The van der Waals surface area contributed by atoms with Crippen molar-refractivity contribution >= 4 is 11.9 Å². The molecule has 4 heteroatoms. The van der Waals surface area contributed by atoms with Gasteiger partial charge in [-0.05, 0) is 64.2 Å². The molecule has 0 N–H and O–H groups in total. The van der Waals surface area contributed by atoms with Crippen LogP contribution in [-0.4, -0.2) is 24.1 Å². The SMILES string of the molecule is O=C(OC1CCCC1)C1(C(=O)OC2CCCC2)CCCC1. The number of carbonyl (C=O) groups excluding carboxylic acids is 2. The number of ether oxygens (including phenoxy) is 2. The lowest BCUT2D eigenvalue weighted by atomic mass is 9.86. The highest BCUT2D eigenvalue weighted by molar-refractivity contribution is 6.00. The molecular formula is C17H26O4. The first-order valence-electron chi connectivity index (χ1n) is 8.63. The Labute approximate surface area is 126 Å². The van der Waals surface area contributed by atoms with Crippen LogP contribution in [0.25, 0.3) is 0 Å². The van der Waals surface area contributed by atoms with Crippen LogP contribution in [0.1, 0.15) is 77.0 Å². The molecular weight excluding hydrogens is 268 g/mol. The zero-order valence-electron chi connectivity index (χ0n) is 12.8. The normalized spacial score (nSPS) is 26.1. The van der Waals surface area contributed by atoms with Crippen molar-refractivity contribution in [2.75, 3.05) is 0 Å². The van der Waals surface area contributed by atoms with Crippen LogP contribution in [0.3, 0.4) is 0 Å².